The topological polar surface area (TPSA) is 66.8 Å². The molecule has 0 radical (unpaired) electrons. The lowest BCUT2D eigenvalue weighted by molar-refractivity contribution is -0.137. The molecule has 0 aliphatic carbocycles. The number of benzene rings is 1. The summed E-state index contributed by atoms with van der Waals surface area (Å²) in [6, 6.07) is 7.51. The number of carboxylic acid groups (broad SMARTS) is 1. The van der Waals surface area contributed by atoms with E-state index < -0.39 is 5.97 Å². The molecule has 128 valence electrons. The number of thioether (sulfide) groups is 1. The van der Waals surface area contributed by atoms with Crippen LogP contribution in [0.3, 0.4) is 0 Å². The highest BCUT2D eigenvalue weighted by Crippen LogP contribution is 2.34. The predicted molar refractivity (Wildman–Crippen MR) is 99.0 cm³/mol. The average Bonchev–Trinajstić information content (AvgIpc) is 2.76. The molecule has 1 aliphatic heterocycles. The highest BCUT2D eigenvalue weighted by atomic mass is 32.2. The SMILES string of the molecule is CC(C)Oc1ccccc1C=C1SC(=S)N(CCCC(=O)O)C1=O. The van der Waals surface area contributed by atoms with Gasteiger partial charge in [-0.1, -0.05) is 42.2 Å². The van der Waals surface area contributed by atoms with Crippen LogP contribution in [0.15, 0.2) is 29.2 Å². The molecule has 0 saturated carbocycles. The predicted octanol–water partition coefficient (Wildman–Crippen LogP) is 3.54. The first-order valence-electron chi connectivity index (χ1n) is 7.61. The number of thiocarbonyl (C=S) groups is 1. The monoisotopic (exact) mass is 365 g/mol. The number of rotatable bonds is 7. The fourth-order valence-electron chi connectivity index (χ4n) is 2.18. The van der Waals surface area contributed by atoms with Gasteiger partial charge in [0.2, 0.25) is 0 Å². The first-order valence-corrected chi connectivity index (χ1v) is 8.84. The Labute approximate surface area is 150 Å². The summed E-state index contributed by atoms with van der Waals surface area (Å²) >= 11 is 6.47. The molecule has 1 N–H and O–H groups in total. The van der Waals surface area contributed by atoms with E-state index in [2.05, 4.69) is 0 Å². The van der Waals surface area contributed by atoms with Crippen LogP contribution in [0.4, 0.5) is 0 Å². The summed E-state index contributed by atoms with van der Waals surface area (Å²) in [4.78, 5) is 25.1. The van der Waals surface area contributed by atoms with Crippen LogP contribution in [0.2, 0.25) is 0 Å². The molecule has 7 heteroatoms. The number of hydrogen-bond donors (Lipinski definition) is 1. The van der Waals surface area contributed by atoms with E-state index in [-0.39, 0.29) is 18.4 Å². The molecule has 0 aromatic heterocycles. The third-order valence-electron chi connectivity index (χ3n) is 3.21. The Morgan fingerprint density at radius 1 is 1.42 bits per heavy atom. The second kappa shape index (κ2) is 8.30. The molecule has 1 saturated heterocycles. The second-order valence-corrected chi connectivity index (χ2v) is 7.21. The van der Waals surface area contributed by atoms with E-state index in [1.54, 1.807) is 6.08 Å². The van der Waals surface area contributed by atoms with Crippen molar-refractivity contribution in [2.45, 2.75) is 32.8 Å². The molecule has 1 fully saturated rings. The zero-order chi connectivity index (χ0) is 17.7. The molecular formula is C17H19NO4S2. The standard InChI is InChI=1S/C17H19NO4S2/c1-11(2)22-13-7-4-3-6-12(13)10-14-16(21)18(17(23)24-14)9-5-8-15(19)20/h3-4,6-7,10-11H,5,8-9H2,1-2H3,(H,19,20). The minimum atomic E-state index is -0.879. The van der Waals surface area contributed by atoms with Crippen molar-refractivity contribution >= 4 is 46.3 Å². The molecule has 1 amide bonds. The van der Waals surface area contributed by atoms with Gasteiger partial charge >= 0.3 is 5.97 Å². The van der Waals surface area contributed by atoms with Crippen LogP contribution in [0, 0.1) is 0 Å². The molecule has 5 nitrogen and oxygen atoms in total. The summed E-state index contributed by atoms with van der Waals surface area (Å²) in [6.07, 6.45) is 2.20. The first kappa shape index (κ1) is 18.5. The Hall–Kier alpha value is -1.86. The average molecular weight is 365 g/mol. The largest absolute Gasteiger partial charge is 0.490 e. The lowest BCUT2D eigenvalue weighted by Crippen LogP contribution is -2.29. The Kier molecular flexibility index (Phi) is 6.39. The quantitative estimate of drug-likeness (QED) is 0.589. The van der Waals surface area contributed by atoms with Crippen LogP contribution in [0.25, 0.3) is 6.08 Å². The third kappa shape index (κ3) is 4.82. The summed E-state index contributed by atoms with van der Waals surface area (Å²) in [5.41, 5.74) is 0.817. The Balaban J connectivity index is 2.15. The number of carboxylic acids is 1. The van der Waals surface area contributed by atoms with Crippen LogP contribution in [-0.2, 0) is 9.59 Å². The molecule has 0 unspecified atom stereocenters. The number of carbonyl (C=O) groups excluding carboxylic acids is 1. The van der Waals surface area contributed by atoms with Crippen molar-refractivity contribution < 1.29 is 19.4 Å². The molecule has 24 heavy (non-hydrogen) atoms. The molecule has 0 spiro atoms. The number of nitrogens with zero attached hydrogens (tertiary/aromatic N) is 1. The van der Waals surface area contributed by atoms with Gasteiger partial charge in [-0.2, -0.15) is 0 Å². The van der Waals surface area contributed by atoms with Crippen molar-refractivity contribution in [1.82, 2.24) is 4.90 Å². The first-order chi connectivity index (χ1) is 11.4. The summed E-state index contributed by atoms with van der Waals surface area (Å²) in [7, 11) is 0. The normalized spacial score (nSPS) is 16.3. The van der Waals surface area contributed by atoms with E-state index in [0.29, 0.717) is 27.9 Å². The third-order valence-corrected chi connectivity index (χ3v) is 4.59. The molecule has 1 aromatic carbocycles. The zero-order valence-electron chi connectivity index (χ0n) is 13.5. The van der Waals surface area contributed by atoms with Crippen molar-refractivity contribution in [3.8, 4) is 5.75 Å². The van der Waals surface area contributed by atoms with E-state index in [1.165, 1.54) is 16.7 Å². The van der Waals surface area contributed by atoms with Crippen molar-refractivity contribution in [3.05, 3.63) is 34.7 Å². The van der Waals surface area contributed by atoms with Crippen molar-refractivity contribution in [3.63, 3.8) is 0 Å². The summed E-state index contributed by atoms with van der Waals surface area (Å²) in [6.45, 7) is 4.20. The van der Waals surface area contributed by atoms with Gasteiger partial charge in [-0.05, 0) is 32.4 Å². The van der Waals surface area contributed by atoms with Gasteiger partial charge in [-0.15, -0.1) is 0 Å². The Bertz CT molecular complexity index is 685. The number of ether oxygens (including phenoxy) is 1. The lowest BCUT2D eigenvalue weighted by Gasteiger charge is -2.13. The molecule has 1 aliphatic rings. The van der Waals surface area contributed by atoms with Gasteiger partial charge in [0, 0.05) is 18.5 Å². The van der Waals surface area contributed by atoms with Crippen LogP contribution < -0.4 is 4.74 Å². The zero-order valence-corrected chi connectivity index (χ0v) is 15.2. The minimum absolute atomic E-state index is 0.0150. The summed E-state index contributed by atoms with van der Waals surface area (Å²) in [5.74, 6) is -0.353. The van der Waals surface area contributed by atoms with Gasteiger partial charge in [-0.3, -0.25) is 14.5 Å². The molecule has 2 rings (SSSR count). The van der Waals surface area contributed by atoms with Gasteiger partial charge in [0.1, 0.15) is 10.1 Å². The fourth-order valence-corrected chi connectivity index (χ4v) is 3.48. The van der Waals surface area contributed by atoms with Gasteiger partial charge < -0.3 is 9.84 Å². The van der Waals surface area contributed by atoms with Crippen molar-refractivity contribution in [2.24, 2.45) is 0 Å². The number of carbonyl (C=O) groups is 2. The molecule has 1 aromatic rings. The summed E-state index contributed by atoms with van der Waals surface area (Å²) < 4.78 is 6.22. The number of aliphatic carboxylic acids is 1. The molecule has 0 bridgehead atoms. The highest BCUT2D eigenvalue weighted by molar-refractivity contribution is 8.26. The highest BCUT2D eigenvalue weighted by Gasteiger charge is 2.31. The van der Waals surface area contributed by atoms with Crippen LogP contribution in [0.1, 0.15) is 32.3 Å². The van der Waals surface area contributed by atoms with Gasteiger partial charge in [0.05, 0.1) is 11.0 Å². The number of para-hydroxylation sites is 1. The maximum Gasteiger partial charge on any atom is 0.303 e. The van der Waals surface area contributed by atoms with E-state index >= 15 is 0 Å². The Morgan fingerprint density at radius 3 is 2.79 bits per heavy atom. The van der Waals surface area contributed by atoms with Crippen LogP contribution in [0.5, 0.6) is 5.75 Å². The maximum absolute atomic E-state index is 12.5. The van der Waals surface area contributed by atoms with E-state index in [9.17, 15) is 9.59 Å². The Morgan fingerprint density at radius 2 is 2.12 bits per heavy atom. The molecular weight excluding hydrogens is 346 g/mol. The lowest BCUT2D eigenvalue weighted by atomic mass is 10.2. The summed E-state index contributed by atoms with van der Waals surface area (Å²) in [5, 5.41) is 8.70. The molecule has 1 heterocycles. The molecule has 0 atom stereocenters. The van der Waals surface area contributed by atoms with Gasteiger partial charge in [0.25, 0.3) is 5.91 Å². The minimum Gasteiger partial charge on any atom is -0.490 e. The van der Waals surface area contributed by atoms with E-state index in [1.807, 2.05) is 38.1 Å². The second-order valence-electron chi connectivity index (χ2n) is 5.54. The fraction of sp³-hybridized carbons (Fsp3) is 0.353. The van der Waals surface area contributed by atoms with Crippen molar-refractivity contribution in [1.29, 1.82) is 0 Å². The maximum atomic E-state index is 12.5. The number of hydrogen-bond acceptors (Lipinski definition) is 5. The van der Waals surface area contributed by atoms with Crippen LogP contribution >= 0.6 is 24.0 Å². The van der Waals surface area contributed by atoms with Gasteiger partial charge in [0.15, 0.2) is 0 Å². The van der Waals surface area contributed by atoms with Gasteiger partial charge in [-0.25, -0.2) is 0 Å². The van der Waals surface area contributed by atoms with E-state index in [4.69, 9.17) is 22.1 Å². The number of amides is 1. The van der Waals surface area contributed by atoms with E-state index in [0.717, 1.165) is 5.56 Å². The van der Waals surface area contributed by atoms with Crippen molar-refractivity contribution in [2.75, 3.05) is 6.54 Å². The van der Waals surface area contributed by atoms with Crippen LogP contribution in [-0.4, -0.2) is 38.9 Å². The smallest absolute Gasteiger partial charge is 0.303 e.